The molecule has 0 unspecified atom stereocenters. The molecule has 108 valence electrons. The van der Waals surface area contributed by atoms with Crippen molar-refractivity contribution in [3.05, 3.63) is 22.6 Å². The van der Waals surface area contributed by atoms with Crippen LogP contribution in [0.4, 0.5) is 5.82 Å². The van der Waals surface area contributed by atoms with Gasteiger partial charge in [0.1, 0.15) is 5.82 Å². The van der Waals surface area contributed by atoms with E-state index in [2.05, 4.69) is 20.6 Å². The van der Waals surface area contributed by atoms with Crippen LogP contribution in [0.2, 0.25) is 0 Å². The average Bonchev–Trinajstić information content (AvgIpc) is 2.87. The smallest absolute Gasteiger partial charge is 0.364 e. The van der Waals surface area contributed by atoms with E-state index in [0.29, 0.717) is 18.0 Å². The number of nitrogens with two attached hydrogens (primary N) is 1. The lowest BCUT2D eigenvalue weighted by Crippen LogP contribution is -2.39. The fraction of sp³-hybridized carbons (Fsp3) is 0.615. The molecule has 0 atom stereocenters. The Morgan fingerprint density at radius 3 is 2.90 bits per heavy atom. The lowest BCUT2D eigenvalue weighted by atomic mass is 9.74. The third kappa shape index (κ3) is 2.40. The van der Waals surface area contributed by atoms with Gasteiger partial charge in [-0.25, -0.2) is 9.89 Å². The molecule has 2 heterocycles. The van der Waals surface area contributed by atoms with Gasteiger partial charge in [0.15, 0.2) is 5.65 Å². The number of H-pyrrole nitrogens is 1. The normalized spacial score (nSPS) is 18.2. The highest BCUT2D eigenvalue weighted by molar-refractivity contribution is 5.43. The zero-order chi connectivity index (χ0) is 14.0. The topological polar surface area (TPSA) is 101 Å². The van der Waals surface area contributed by atoms with E-state index in [-0.39, 0.29) is 11.1 Å². The minimum Gasteiger partial charge on any atom is -0.368 e. The second-order valence-electron chi connectivity index (χ2n) is 5.64. The van der Waals surface area contributed by atoms with E-state index in [9.17, 15) is 4.79 Å². The first-order valence-corrected chi connectivity index (χ1v) is 7.11. The van der Waals surface area contributed by atoms with E-state index < -0.39 is 0 Å². The molecule has 0 aromatic carbocycles. The van der Waals surface area contributed by atoms with Crippen molar-refractivity contribution in [3.63, 3.8) is 0 Å². The van der Waals surface area contributed by atoms with E-state index in [1.54, 1.807) is 6.07 Å². The quantitative estimate of drug-likeness (QED) is 0.764. The van der Waals surface area contributed by atoms with Crippen LogP contribution in [-0.4, -0.2) is 32.9 Å². The van der Waals surface area contributed by atoms with E-state index in [0.717, 1.165) is 19.4 Å². The van der Waals surface area contributed by atoms with Crippen LogP contribution in [-0.2, 0) is 0 Å². The molecule has 0 amide bonds. The van der Waals surface area contributed by atoms with Gasteiger partial charge in [-0.1, -0.05) is 19.3 Å². The van der Waals surface area contributed by atoms with Gasteiger partial charge in [0.05, 0.1) is 0 Å². The van der Waals surface area contributed by atoms with Crippen LogP contribution in [0.1, 0.15) is 32.1 Å². The summed E-state index contributed by atoms with van der Waals surface area (Å²) >= 11 is 0. The average molecular weight is 276 g/mol. The van der Waals surface area contributed by atoms with Gasteiger partial charge in [0, 0.05) is 6.54 Å². The Labute approximate surface area is 116 Å². The predicted molar refractivity (Wildman–Crippen MR) is 76.7 cm³/mol. The molecule has 0 aliphatic heterocycles. The summed E-state index contributed by atoms with van der Waals surface area (Å²) in [5, 5.41) is 13.8. The first kappa shape index (κ1) is 13.1. The van der Waals surface area contributed by atoms with Crippen molar-refractivity contribution in [2.75, 3.05) is 18.4 Å². The molecule has 4 N–H and O–H groups in total. The van der Waals surface area contributed by atoms with Gasteiger partial charge in [-0.2, -0.15) is 9.61 Å². The fourth-order valence-electron chi connectivity index (χ4n) is 2.93. The zero-order valence-corrected chi connectivity index (χ0v) is 11.4. The van der Waals surface area contributed by atoms with Crippen molar-refractivity contribution >= 4 is 11.5 Å². The van der Waals surface area contributed by atoms with Crippen LogP contribution < -0.4 is 16.7 Å². The van der Waals surface area contributed by atoms with E-state index in [1.807, 2.05) is 6.07 Å². The summed E-state index contributed by atoms with van der Waals surface area (Å²) in [6, 6.07) is 3.60. The maximum absolute atomic E-state index is 11.5. The van der Waals surface area contributed by atoms with Crippen molar-refractivity contribution in [1.82, 2.24) is 19.8 Å². The van der Waals surface area contributed by atoms with Crippen LogP contribution in [0.25, 0.3) is 5.65 Å². The Morgan fingerprint density at radius 1 is 1.35 bits per heavy atom. The first-order valence-electron chi connectivity index (χ1n) is 7.11. The number of hydrogen-bond donors (Lipinski definition) is 3. The summed E-state index contributed by atoms with van der Waals surface area (Å²) < 4.78 is 1.26. The highest BCUT2D eigenvalue weighted by Gasteiger charge is 2.30. The van der Waals surface area contributed by atoms with Crippen LogP contribution in [0.15, 0.2) is 16.9 Å². The van der Waals surface area contributed by atoms with E-state index in [4.69, 9.17) is 5.73 Å². The standard InChI is InChI=1S/C13H20N6O/c14-8-13(6-2-1-3-7-13)9-15-10-4-5-11-16-17-12(20)19(11)18-10/h4-5H,1-3,6-9,14H2,(H,15,18)(H,17,20). The van der Waals surface area contributed by atoms with Gasteiger partial charge >= 0.3 is 5.69 Å². The van der Waals surface area contributed by atoms with Gasteiger partial charge in [-0.05, 0) is 36.9 Å². The number of anilines is 1. The molecule has 7 heteroatoms. The Bertz CT molecular complexity index is 640. The molecule has 1 saturated carbocycles. The molecule has 0 radical (unpaired) electrons. The van der Waals surface area contributed by atoms with Crippen molar-refractivity contribution in [3.8, 4) is 0 Å². The SMILES string of the molecule is NCC1(CNc2ccc3n[nH]c(=O)n3n2)CCCCC1. The monoisotopic (exact) mass is 276 g/mol. The number of aromatic amines is 1. The van der Waals surface area contributed by atoms with Crippen molar-refractivity contribution < 1.29 is 0 Å². The number of aromatic nitrogens is 4. The van der Waals surface area contributed by atoms with Gasteiger partial charge in [0.2, 0.25) is 0 Å². The molecule has 0 saturated heterocycles. The summed E-state index contributed by atoms with van der Waals surface area (Å²) in [7, 11) is 0. The van der Waals surface area contributed by atoms with Gasteiger partial charge in [-0.15, -0.1) is 5.10 Å². The molecule has 3 rings (SSSR count). The molecule has 2 aromatic rings. The Balaban J connectivity index is 1.75. The third-order valence-electron chi connectivity index (χ3n) is 4.27. The van der Waals surface area contributed by atoms with Crippen LogP contribution in [0.5, 0.6) is 0 Å². The summed E-state index contributed by atoms with van der Waals surface area (Å²) in [4.78, 5) is 11.5. The highest BCUT2D eigenvalue weighted by Crippen LogP contribution is 2.35. The number of rotatable bonds is 4. The van der Waals surface area contributed by atoms with Crippen LogP contribution in [0.3, 0.4) is 0 Å². The lowest BCUT2D eigenvalue weighted by molar-refractivity contribution is 0.215. The molecule has 1 aliphatic carbocycles. The lowest BCUT2D eigenvalue weighted by Gasteiger charge is -2.36. The van der Waals surface area contributed by atoms with Crippen LogP contribution in [0, 0.1) is 5.41 Å². The Kier molecular flexibility index (Phi) is 3.43. The summed E-state index contributed by atoms with van der Waals surface area (Å²) in [6.45, 7) is 1.49. The van der Waals surface area contributed by atoms with Crippen molar-refractivity contribution in [1.29, 1.82) is 0 Å². The second kappa shape index (κ2) is 5.24. The highest BCUT2D eigenvalue weighted by atomic mass is 16.2. The maximum atomic E-state index is 11.5. The third-order valence-corrected chi connectivity index (χ3v) is 4.27. The number of fused-ring (bicyclic) bond motifs is 1. The minimum atomic E-state index is -0.324. The van der Waals surface area contributed by atoms with Gasteiger partial charge in [0.25, 0.3) is 0 Å². The van der Waals surface area contributed by atoms with Gasteiger partial charge < -0.3 is 11.1 Å². The molecule has 1 aliphatic rings. The number of hydrogen-bond acceptors (Lipinski definition) is 5. The Morgan fingerprint density at radius 2 is 2.15 bits per heavy atom. The first-order chi connectivity index (χ1) is 9.72. The number of nitrogens with one attached hydrogen (secondary N) is 2. The molecule has 0 bridgehead atoms. The van der Waals surface area contributed by atoms with E-state index in [1.165, 1.54) is 23.8 Å². The molecular formula is C13H20N6O. The molecular weight excluding hydrogens is 256 g/mol. The predicted octanol–water partition coefficient (Wildman–Crippen LogP) is 0.739. The minimum absolute atomic E-state index is 0.163. The fourth-order valence-corrected chi connectivity index (χ4v) is 2.93. The molecule has 7 nitrogen and oxygen atoms in total. The van der Waals surface area contributed by atoms with Crippen molar-refractivity contribution in [2.45, 2.75) is 32.1 Å². The van der Waals surface area contributed by atoms with E-state index >= 15 is 0 Å². The summed E-state index contributed by atoms with van der Waals surface area (Å²) in [5.41, 5.74) is 6.33. The molecule has 20 heavy (non-hydrogen) atoms. The zero-order valence-electron chi connectivity index (χ0n) is 11.4. The largest absolute Gasteiger partial charge is 0.368 e. The summed E-state index contributed by atoms with van der Waals surface area (Å²) in [6.07, 6.45) is 6.10. The van der Waals surface area contributed by atoms with Crippen LogP contribution >= 0.6 is 0 Å². The molecule has 2 aromatic heterocycles. The second-order valence-corrected chi connectivity index (χ2v) is 5.64. The molecule has 0 spiro atoms. The molecule has 1 fully saturated rings. The Hall–Kier alpha value is -1.89. The maximum Gasteiger partial charge on any atom is 0.364 e. The van der Waals surface area contributed by atoms with Crippen molar-refractivity contribution in [2.24, 2.45) is 11.1 Å². The van der Waals surface area contributed by atoms with Gasteiger partial charge in [-0.3, -0.25) is 0 Å². The number of nitrogens with zero attached hydrogens (tertiary/aromatic N) is 3. The summed E-state index contributed by atoms with van der Waals surface area (Å²) in [5.74, 6) is 0.680.